The molecule has 0 aliphatic rings. The molecule has 204 valence electrons. The highest BCUT2D eigenvalue weighted by Crippen LogP contribution is 2.29. The Morgan fingerprint density at radius 3 is 2.53 bits per heavy atom. The summed E-state index contributed by atoms with van der Waals surface area (Å²) in [7, 11) is -4.67. The average Bonchev–Trinajstić information content (AvgIpc) is 3.50. The second-order valence-corrected chi connectivity index (χ2v) is 10.3. The Hall–Kier alpha value is -3.51. The fourth-order valence-corrected chi connectivity index (χ4v) is 4.44. The first kappa shape index (κ1) is 29.1. The van der Waals surface area contributed by atoms with Gasteiger partial charge in [0.15, 0.2) is 5.82 Å². The Morgan fingerprint density at radius 2 is 1.92 bits per heavy atom. The third-order valence-corrected chi connectivity index (χ3v) is 6.52. The molecule has 0 radical (unpaired) electrons. The number of hydrogen-bond donors (Lipinski definition) is 3. The zero-order valence-electron chi connectivity index (χ0n) is 20.1. The zero-order chi connectivity index (χ0) is 28.2. The number of anilines is 2. The van der Waals surface area contributed by atoms with Crippen LogP contribution in [0.3, 0.4) is 0 Å². The van der Waals surface area contributed by atoms with E-state index in [4.69, 9.17) is 29.1 Å². The van der Waals surface area contributed by atoms with Gasteiger partial charge in [-0.05, 0) is 26.0 Å². The molecule has 4 rings (SSSR count). The molecule has 0 aliphatic carbocycles. The van der Waals surface area contributed by atoms with Gasteiger partial charge in [0.1, 0.15) is 22.2 Å². The van der Waals surface area contributed by atoms with Gasteiger partial charge in [-0.15, -0.1) is 10.2 Å². The largest absolute Gasteiger partial charge is 0.394 e. The van der Waals surface area contributed by atoms with Crippen LogP contribution in [-0.4, -0.2) is 52.2 Å². The van der Waals surface area contributed by atoms with Gasteiger partial charge in [-0.1, -0.05) is 35.9 Å². The number of aromatic nitrogens is 6. The summed E-state index contributed by atoms with van der Waals surface area (Å²) >= 11 is 7.45. The van der Waals surface area contributed by atoms with Crippen molar-refractivity contribution in [2.75, 3.05) is 5.32 Å². The smallest absolute Gasteiger partial charge is 0.313 e. The first-order valence-corrected chi connectivity index (χ1v) is 13.3. The van der Waals surface area contributed by atoms with Crippen LogP contribution in [0.15, 0.2) is 30.5 Å². The molecule has 1 aromatic carbocycles. The highest BCUT2D eigenvalue weighted by atomic mass is 35.5. The molecule has 3 aromatic heterocycles. The van der Waals surface area contributed by atoms with Gasteiger partial charge < -0.3 is 5.32 Å². The SMILES string of the molecule is Cc1nn(CC(C)c2nnc(Nc3ccn(Cc4c(F)cccc4Cl)n3)s2)c(C)c1[N+](=O)[O-].O=S(=O)(O)O. The van der Waals surface area contributed by atoms with Crippen molar-refractivity contribution in [1.29, 1.82) is 0 Å². The molecule has 0 fully saturated rings. The van der Waals surface area contributed by atoms with Crippen LogP contribution in [0, 0.1) is 29.8 Å². The summed E-state index contributed by atoms with van der Waals surface area (Å²) in [5.74, 6) is 0.0894. The van der Waals surface area contributed by atoms with Gasteiger partial charge in [0.05, 0.1) is 18.0 Å². The standard InChI is InChI=1S/C20H20ClFN8O2S.H2O4S/c1-11(9-29-13(3)18(30(31)32)12(2)26-29)19-24-25-20(33-19)23-17-7-8-28(27-17)10-14-15(21)5-4-6-16(14)22;1-5(2,3)4/h4-8,11H,9-10H2,1-3H3,(H,23,25,27);(H2,1,2,3,4). The van der Waals surface area contributed by atoms with Gasteiger partial charge >= 0.3 is 16.1 Å². The number of benzene rings is 1. The van der Waals surface area contributed by atoms with Crippen LogP contribution in [-0.2, 0) is 23.5 Å². The zero-order valence-corrected chi connectivity index (χ0v) is 22.5. The van der Waals surface area contributed by atoms with E-state index in [1.807, 2.05) is 6.92 Å². The van der Waals surface area contributed by atoms with Crippen molar-refractivity contribution >= 4 is 50.0 Å². The molecule has 0 amide bonds. The van der Waals surface area contributed by atoms with Gasteiger partial charge in [0.25, 0.3) is 0 Å². The number of hydrogen-bond acceptors (Lipinski definition) is 10. The molecule has 38 heavy (non-hydrogen) atoms. The molecule has 0 saturated carbocycles. The average molecular weight is 589 g/mol. The Balaban J connectivity index is 0.000000732. The predicted molar refractivity (Wildman–Crippen MR) is 137 cm³/mol. The van der Waals surface area contributed by atoms with Crippen molar-refractivity contribution < 1.29 is 26.8 Å². The number of rotatable bonds is 8. The Bertz CT molecular complexity index is 1530. The summed E-state index contributed by atoms with van der Waals surface area (Å²) < 4.78 is 48.8. The second-order valence-electron chi connectivity index (χ2n) is 7.98. The van der Waals surface area contributed by atoms with Gasteiger partial charge in [0, 0.05) is 28.8 Å². The molecule has 18 heteroatoms. The molecule has 0 spiro atoms. The lowest BCUT2D eigenvalue weighted by Gasteiger charge is -2.08. The highest BCUT2D eigenvalue weighted by Gasteiger charge is 2.23. The van der Waals surface area contributed by atoms with Crippen molar-refractivity contribution in [2.24, 2.45) is 0 Å². The van der Waals surface area contributed by atoms with E-state index in [9.17, 15) is 14.5 Å². The Labute approximate surface area is 224 Å². The number of nitrogens with zero attached hydrogens (tertiary/aromatic N) is 7. The maximum Gasteiger partial charge on any atom is 0.394 e. The van der Waals surface area contributed by atoms with E-state index in [0.717, 1.165) is 5.01 Å². The van der Waals surface area contributed by atoms with E-state index in [-0.39, 0.29) is 24.0 Å². The van der Waals surface area contributed by atoms with Gasteiger partial charge in [-0.25, -0.2) is 4.39 Å². The van der Waals surface area contributed by atoms with E-state index < -0.39 is 15.3 Å². The van der Waals surface area contributed by atoms with Crippen LogP contribution in [0.4, 0.5) is 21.0 Å². The predicted octanol–water partition coefficient (Wildman–Crippen LogP) is 4.19. The summed E-state index contributed by atoms with van der Waals surface area (Å²) in [4.78, 5) is 10.8. The van der Waals surface area contributed by atoms with E-state index in [0.29, 0.717) is 39.5 Å². The van der Waals surface area contributed by atoms with Crippen molar-refractivity contribution in [3.8, 4) is 0 Å². The minimum absolute atomic E-state index is 0.0362. The van der Waals surface area contributed by atoms with Crippen LogP contribution in [0.5, 0.6) is 0 Å². The minimum Gasteiger partial charge on any atom is -0.313 e. The van der Waals surface area contributed by atoms with Crippen molar-refractivity contribution in [3.05, 3.63) is 73.4 Å². The second kappa shape index (κ2) is 11.9. The van der Waals surface area contributed by atoms with Crippen LogP contribution in [0.1, 0.15) is 34.8 Å². The molecule has 4 aromatic rings. The number of aryl methyl sites for hydroxylation is 1. The summed E-state index contributed by atoms with van der Waals surface area (Å²) in [6.45, 7) is 5.90. The number of halogens is 2. The normalized spacial score (nSPS) is 12.1. The van der Waals surface area contributed by atoms with Gasteiger partial charge in [-0.2, -0.15) is 18.6 Å². The molecule has 0 aliphatic heterocycles. The molecule has 3 heterocycles. The van der Waals surface area contributed by atoms with E-state index >= 15 is 0 Å². The van der Waals surface area contributed by atoms with Crippen LogP contribution >= 0.6 is 22.9 Å². The minimum atomic E-state index is -4.67. The van der Waals surface area contributed by atoms with Gasteiger partial charge in [-0.3, -0.25) is 28.6 Å². The van der Waals surface area contributed by atoms with E-state index in [1.165, 1.54) is 17.4 Å². The summed E-state index contributed by atoms with van der Waals surface area (Å²) in [5.41, 5.74) is 1.29. The molecular weight excluding hydrogens is 567 g/mol. The van der Waals surface area contributed by atoms with Crippen molar-refractivity contribution in [3.63, 3.8) is 0 Å². The molecular formula is C20H22ClFN8O6S2. The molecule has 1 atom stereocenters. The maximum atomic E-state index is 14.0. The lowest BCUT2D eigenvalue weighted by Crippen LogP contribution is -2.09. The fourth-order valence-electron chi connectivity index (χ4n) is 3.42. The van der Waals surface area contributed by atoms with E-state index in [1.54, 1.807) is 47.6 Å². The fraction of sp³-hybridized carbons (Fsp3) is 0.300. The third-order valence-electron chi connectivity index (χ3n) is 5.09. The molecule has 1 unspecified atom stereocenters. The monoisotopic (exact) mass is 588 g/mol. The number of nitrogens with one attached hydrogen (secondary N) is 1. The Morgan fingerprint density at radius 1 is 1.24 bits per heavy atom. The molecule has 0 bridgehead atoms. The van der Waals surface area contributed by atoms with Crippen LogP contribution in [0.2, 0.25) is 5.02 Å². The first-order valence-electron chi connectivity index (χ1n) is 10.7. The van der Waals surface area contributed by atoms with E-state index in [2.05, 4.69) is 25.7 Å². The van der Waals surface area contributed by atoms with Crippen molar-refractivity contribution in [2.45, 2.75) is 39.8 Å². The lowest BCUT2D eigenvalue weighted by atomic mass is 10.2. The van der Waals surface area contributed by atoms with Crippen LogP contribution in [0.25, 0.3) is 0 Å². The summed E-state index contributed by atoms with van der Waals surface area (Å²) in [6, 6.07) is 6.30. The van der Waals surface area contributed by atoms with Gasteiger partial charge in [0.2, 0.25) is 5.13 Å². The lowest BCUT2D eigenvalue weighted by molar-refractivity contribution is -0.386. The van der Waals surface area contributed by atoms with Crippen molar-refractivity contribution in [1.82, 2.24) is 29.8 Å². The molecule has 3 N–H and O–H groups in total. The van der Waals surface area contributed by atoms with Crippen LogP contribution < -0.4 is 5.32 Å². The Kier molecular flexibility index (Phi) is 9.10. The maximum absolute atomic E-state index is 14.0. The quantitative estimate of drug-likeness (QED) is 0.152. The highest BCUT2D eigenvalue weighted by molar-refractivity contribution is 7.79. The number of nitro groups is 1. The topological polar surface area (TPSA) is 191 Å². The first-order chi connectivity index (χ1) is 17.7. The third kappa shape index (κ3) is 7.75. The molecule has 0 saturated heterocycles. The summed E-state index contributed by atoms with van der Waals surface area (Å²) in [6.07, 6.45) is 1.71. The summed E-state index contributed by atoms with van der Waals surface area (Å²) in [5, 5.41) is 33.0. The molecule has 14 nitrogen and oxygen atoms in total.